The van der Waals surface area contributed by atoms with Gasteiger partial charge in [0, 0.05) is 6.54 Å². The van der Waals surface area contributed by atoms with Crippen molar-refractivity contribution in [3.63, 3.8) is 0 Å². The van der Waals surface area contributed by atoms with E-state index in [-0.39, 0.29) is 23.5 Å². The van der Waals surface area contributed by atoms with Crippen molar-refractivity contribution in [2.45, 2.75) is 70.3 Å². The van der Waals surface area contributed by atoms with Crippen LogP contribution < -0.4 is 10.1 Å². The molecule has 0 amide bonds. The molecular formula is C18H26N4O3. The van der Waals surface area contributed by atoms with Gasteiger partial charge in [-0.25, -0.2) is 4.98 Å². The predicted octanol–water partition coefficient (Wildman–Crippen LogP) is 4.40. The first kappa shape index (κ1) is 17.6. The fourth-order valence-corrected chi connectivity index (χ4v) is 3.56. The van der Waals surface area contributed by atoms with Gasteiger partial charge in [0.25, 0.3) is 5.88 Å². The molecule has 1 saturated carbocycles. The van der Waals surface area contributed by atoms with Crippen LogP contribution in [0.4, 0.5) is 11.5 Å². The standard InChI is InChI=1S/C18H26N4O3/c23-22(24)16-17(19-12-11-14-7-3-1-4-8-14)20-13-21-18(16)25-15-9-5-2-6-10-15/h7,13,15H,1-6,8-12H2,(H,19,20,21). The second-order valence-electron chi connectivity index (χ2n) is 6.80. The Bertz CT molecular complexity index is 627. The van der Waals surface area contributed by atoms with Crippen LogP contribution in [0.3, 0.4) is 0 Å². The van der Waals surface area contributed by atoms with Crippen molar-refractivity contribution in [2.75, 3.05) is 11.9 Å². The number of aromatic nitrogens is 2. The van der Waals surface area contributed by atoms with E-state index in [1.165, 1.54) is 31.2 Å². The van der Waals surface area contributed by atoms with Crippen molar-refractivity contribution in [2.24, 2.45) is 0 Å². The van der Waals surface area contributed by atoms with Gasteiger partial charge in [-0.1, -0.05) is 18.1 Å². The quantitative estimate of drug-likeness (QED) is 0.447. The van der Waals surface area contributed by atoms with E-state index in [9.17, 15) is 10.1 Å². The Morgan fingerprint density at radius 3 is 2.76 bits per heavy atom. The van der Waals surface area contributed by atoms with Crippen LogP contribution in [-0.2, 0) is 0 Å². The van der Waals surface area contributed by atoms with Gasteiger partial charge in [-0.3, -0.25) is 10.1 Å². The summed E-state index contributed by atoms with van der Waals surface area (Å²) in [6.45, 7) is 0.632. The molecule has 1 aromatic heterocycles. The van der Waals surface area contributed by atoms with Crippen molar-refractivity contribution < 1.29 is 9.66 Å². The van der Waals surface area contributed by atoms with E-state index >= 15 is 0 Å². The highest BCUT2D eigenvalue weighted by molar-refractivity contribution is 5.61. The third kappa shape index (κ3) is 4.90. The summed E-state index contributed by atoms with van der Waals surface area (Å²) in [6, 6.07) is 0. The van der Waals surface area contributed by atoms with Crippen molar-refractivity contribution in [3.05, 3.63) is 28.1 Å². The zero-order valence-electron chi connectivity index (χ0n) is 14.6. The molecule has 0 bridgehead atoms. The summed E-state index contributed by atoms with van der Waals surface area (Å²) < 4.78 is 5.84. The fourth-order valence-electron chi connectivity index (χ4n) is 3.56. The molecule has 2 aliphatic carbocycles. The molecular weight excluding hydrogens is 320 g/mol. The minimum atomic E-state index is -0.444. The summed E-state index contributed by atoms with van der Waals surface area (Å²) in [5.41, 5.74) is 1.28. The second-order valence-corrected chi connectivity index (χ2v) is 6.80. The molecule has 0 aliphatic heterocycles. The van der Waals surface area contributed by atoms with Crippen molar-refractivity contribution >= 4 is 11.5 Å². The first-order valence-corrected chi connectivity index (χ1v) is 9.32. The third-order valence-electron chi connectivity index (χ3n) is 4.93. The molecule has 1 N–H and O–H groups in total. The summed E-state index contributed by atoms with van der Waals surface area (Å²) in [4.78, 5) is 19.2. The van der Waals surface area contributed by atoms with E-state index in [1.807, 2.05) is 0 Å². The molecule has 1 fully saturated rings. The lowest BCUT2D eigenvalue weighted by molar-refractivity contribution is -0.385. The number of anilines is 1. The van der Waals surface area contributed by atoms with Crippen LogP contribution >= 0.6 is 0 Å². The molecule has 136 valence electrons. The molecule has 0 atom stereocenters. The molecule has 7 heteroatoms. The molecule has 0 aromatic carbocycles. The maximum Gasteiger partial charge on any atom is 0.372 e. The zero-order chi connectivity index (χ0) is 17.5. The Kier molecular flexibility index (Phi) is 6.19. The van der Waals surface area contributed by atoms with Gasteiger partial charge in [0.05, 0.1) is 4.92 Å². The molecule has 0 spiro atoms. The molecule has 0 radical (unpaired) electrons. The smallest absolute Gasteiger partial charge is 0.372 e. The number of rotatable bonds is 7. The number of hydrogen-bond donors (Lipinski definition) is 1. The fraction of sp³-hybridized carbons (Fsp3) is 0.667. The topological polar surface area (TPSA) is 90.2 Å². The molecule has 2 aliphatic rings. The normalized spacial score (nSPS) is 18.5. The Morgan fingerprint density at radius 1 is 1.20 bits per heavy atom. The highest BCUT2D eigenvalue weighted by Gasteiger charge is 2.27. The summed E-state index contributed by atoms with van der Waals surface area (Å²) in [5.74, 6) is 0.341. The monoisotopic (exact) mass is 346 g/mol. The number of allylic oxidation sites excluding steroid dienone is 1. The molecule has 25 heavy (non-hydrogen) atoms. The number of nitrogens with one attached hydrogen (secondary N) is 1. The first-order chi connectivity index (χ1) is 12.2. The molecule has 0 saturated heterocycles. The van der Waals surface area contributed by atoms with Crippen LogP contribution in [0.5, 0.6) is 5.88 Å². The maximum absolute atomic E-state index is 11.5. The largest absolute Gasteiger partial charge is 0.469 e. The van der Waals surface area contributed by atoms with E-state index in [4.69, 9.17) is 4.74 Å². The van der Waals surface area contributed by atoms with E-state index in [2.05, 4.69) is 21.4 Å². The molecule has 1 aromatic rings. The third-order valence-corrected chi connectivity index (χ3v) is 4.93. The van der Waals surface area contributed by atoms with Crippen LogP contribution in [-0.4, -0.2) is 27.5 Å². The van der Waals surface area contributed by atoms with Gasteiger partial charge in [-0.15, -0.1) is 0 Å². The van der Waals surface area contributed by atoms with E-state index in [0.29, 0.717) is 6.54 Å². The summed E-state index contributed by atoms with van der Waals surface area (Å²) >= 11 is 0. The number of nitrogens with zero attached hydrogens (tertiary/aromatic N) is 3. The Balaban J connectivity index is 1.66. The van der Waals surface area contributed by atoms with Crippen molar-refractivity contribution in [1.82, 2.24) is 9.97 Å². The Labute approximate surface area is 148 Å². The first-order valence-electron chi connectivity index (χ1n) is 9.32. The number of ether oxygens (including phenoxy) is 1. The van der Waals surface area contributed by atoms with Crippen LogP contribution in [0.2, 0.25) is 0 Å². The van der Waals surface area contributed by atoms with E-state index in [0.717, 1.165) is 44.9 Å². The van der Waals surface area contributed by atoms with Crippen molar-refractivity contribution in [3.8, 4) is 5.88 Å². The van der Waals surface area contributed by atoms with Gasteiger partial charge >= 0.3 is 5.69 Å². The number of hydrogen-bond acceptors (Lipinski definition) is 6. The minimum Gasteiger partial charge on any atom is -0.469 e. The van der Waals surface area contributed by atoms with Gasteiger partial charge in [0.2, 0.25) is 5.82 Å². The predicted molar refractivity (Wildman–Crippen MR) is 95.8 cm³/mol. The van der Waals surface area contributed by atoms with Crippen LogP contribution in [0.15, 0.2) is 18.0 Å². The number of nitro groups is 1. The zero-order valence-corrected chi connectivity index (χ0v) is 14.6. The van der Waals surface area contributed by atoms with Gasteiger partial charge in [-0.2, -0.15) is 4.98 Å². The highest BCUT2D eigenvalue weighted by atomic mass is 16.6. The van der Waals surface area contributed by atoms with Crippen LogP contribution in [0.1, 0.15) is 64.2 Å². The molecule has 7 nitrogen and oxygen atoms in total. The lowest BCUT2D eigenvalue weighted by Gasteiger charge is -2.22. The SMILES string of the molecule is O=[N+]([O-])c1c(NCCC2=CCCCC2)ncnc1OC1CCCCC1. The average Bonchev–Trinajstić information content (AvgIpc) is 2.63. The summed E-state index contributed by atoms with van der Waals surface area (Å²) in [7, 11) is 0. The van der Waals surface area contributed by atoms with Gasteiger partial charge in [0.15, 0.2) is 0 Å². The minimum absolute atomic E-state index is 0.0163. The molecule has 3 rings (SSSR count). The summed E-state index contributed by atoms with van der Waals surface area (Å²) in [6.07, 6.45) is 14.6. The Morgan fingerprint density at radius 2 is 2.04 bits per heavy atom. The molecule has 0 unspecified atom stereocenters. The Hall–Kier alpha value is -2.18. The lowest BCUT2D eigenvalue weighted by atomic mass is 9.97. The van der Waals surface area contributed by atoms with Gasteiger partial charge in [0.1, 0.15) is 12.4 Å². The maximum atomic E-state index is 11.5. The van der Waals surface area contributed by atoms with Gasteiger partial charge < -0.3 is 10.1 Å². The second kappa shape index (κ2) is 8.78. The van der Waals surface area contributed by atoms with Gasteiger partial charge in [-0.05, 0) is 57.8 Å². The van der Waals surface area contributed by atoms with E-state index < -0.39 is 4.92 Å². The van der Waals surface area contributed by atoms with E-state index in [1.54, 1.807) is 0 Å². The average molecular weight is 346 g/mol. The molecule has 1 heterocycles. The lowest BCUT2D eigenvalue weighted by Crippen LogP contribution is -2.21. The summed E-state index contributed by atoms with van der Waals surface area (Å²) in [5, 5.41) is 14.6. The highest BCUT2D eigenvalue weighted by Crippen LogP contribution is 2.33. The van der Waals surface area contributed by atoms with Crippen LogP contribution in [0, 0.1) is 10.1 Å². The van der Waals surface area contributed by atoms with Crippen molar-refractivity contribution in [1.29, 1.82) is 0 Å². The van der Waals surface area contributed by atoms with Crippen LogP contribution in [0.25, 0.3) is 0 Å².